The number of aryl methyl sites for hydroxylation is 1. The van der Waals surface area contributed by atoms with Crippen LogP contribution in [0.3, 0.4) is 0 Å². The SMILES string of the molecule is Cc1ccc(NC(=O)c2ccc(CSc3nc(Cl)cc(N(C)C)n3)cc2)cc1. The van der Waals surface area contributed by atoms with Crippen molar-refractivity contribution >= 4 is 40.8 Å². The zero-order chi connectivity index (χ0) is 20.1. The molecule has 3 aromatic rings. The molecule has 1 heterocycles. The topological polar surface area (TPSA) is 58.1 Å². The summed E-state index contributed by atoms with van der Waals surface area (Å²) in [5.41, 5.74) is 3.63. The molecule has 144 valence electrons. The van der Waals surface area contributed by atoms with Crippen LogP contribution in [0, 0.1) is 6.92 Å². The van der Waals surface area contributed by atoms with Crippen LogP contribution in [0.1, 0.15) is 21.5 Å². The first-order valence-corrected chi connectivity index (χ1v) is 10.1. The van der Waals surface area contributed by atoms with E-state index in [1.54, 1.807) is 6.07 Å². The molecule has 0 atom stereocenters. The first kappa shape index (κ1) is 20.2. The van der Waals surface area contributed by atoms with Crippen molar-refractivity contribution in [3.8, 4) is 0 Å². The number of nitrogens with one attached hydrogen (secondary N) is 1. The zero-order valence-electron chi connectivity index (χ0n) is 15.9. The van der Waals surface area contributed by atoms with E-state index in [0.29, 0.717) is 21.6 Å². The lowest BCUT2D eigenvalue weighted by Gasteiger charge is -2.12. The predicted molar refractivity (Wildman–Crippen MR) is 117 cm³/mol. The number of nitrogens with zero attached hydrogens (tertiary/aromatic N) is 3. The van der Waals surface area contributed by atoms with Gasteiger partial charge in [0.15, 0.2) is 5.16 Å². The Labute approximate surface area is 174 Å². The first-order chi connectivity index (χ1) is 13.4. The molecule has 3 rings (SSSR count). The van der Waals surface area contributed by atoms with E-state index in [4.69, 9.17) is 11.6 Å². The molecule has 1 aromatic heterocycles. The van der Waals surface area contributed by atoms with Gasteiger partial charge in [-0.05, 0) is 36.8 Å². The second-order valence-corrected chi connectivity index (χ2v) is 7.86. The Balaban J connectivity index is 1.61. The van der Waals surface area contributed by atoms with E-state index in [1.165, 1.54) is 11.8 Å². The third-order valence-electron chi connectivity index (χ3n) is 4.01. The lowest BCUT2D eigenvalue weighted by atomic mass is 10.1. The Morgan fingerprint density at radius 3 is 2.39 bits per heavy atom. The van der Waals surface area contributed by atoms with Crippen molar-refractivity contribution in [2.75, 3.05) is 24.3 Å². The molecule has 5 nitrogen and oxygen atoms in total. The van der Waals surface area contributed by atoms with Crippen molar-refractivity contribution in [1.29, 1.82) is 0 Å². The molecule has 0 fully saturated rings. The van der Waals surface area contributed by atoms with Crippen LogP contribution in [-0.2, 0) is 5.75 Å². The van der Waals surface area contributed by atoms with Crippen molar-refractivity contribution in [2.45, 2.75) is 17.8 Å². The third kappa shape index (κ3) is 5.47. The van der Waals surface area contributed by atoms with Crippen molar-refractivity contribution < 1.29 is 4.79 Å². The minimum Gasteiger partial charge on any atom is -0.363 e. The number of carbonyl (C=O) groups excluding carboxylic acids is 1. The van der Waals surface area contributed by atoms with Gasteiger partial charge in [-0.2, -0.15) is 0 Å². The number of halogens is 1. The number of thioether (sulfide) groups is 1. The fraction of sp³-hybridized carbons (Fsp3) is 0.190. The van der Waals surface area contributed by atoms with Gasteiger partial charge >= 0.3 is 0 Å². The van der Waals surface area contributed by atoms with Gasteiger partial charge in [0.2, 0.25) is 0 Å². The highest BCUT2D eigenvalue weighted by Crippen LogP contribution is 2.24. The average Bonchev–Trinajstić information content (AvgIpc) is 2.68. The molecule has 1 amide bonds. The van der Waals surface area contributed by atoms with E-state index in [2.05, 4.69) is 15.3 Å². The van der Waals surface area contributed by atoms with E-state index < -0.39 is 0 Å². The summed E-state index contributed by atoms with van der Waals surface area (Å²) < 4.78 is 0. The molecule has 1 N–H and O–H groups in total. The molecule has 2 aromatic carbocycles. The highest BCUT2D eigenvalue weighted by molar-refractivity contribution is 7.98. The molecule has 0 saturated carbocycles. The van der Waals surface area contributed by atoms with Gasteiger partial charge in [-0.25, -0.2) is 9.97 Å². The Morgan fingerprint density at radius 2 is 1.75 bits per heavy atom. The van der Waals surface area contributed by atoms with Crippen LogP contribution in [0.25, 0.3) is 0 Å². The maximum Gasteiger partial charge on any atom is 0.255 e. The van der Waals surface area contributed by atoms with Gasteiger partial charge in [0.05, 0.1) is 0 Å². The predicted octanol–water partition coefficient (Wildman–Crippen LogP) is 5.05. The van der Waals surface area contributed by atoms with E-state index in [9.17, 15) is 4.79 Å². The molecule has 0 aliphatic rings. The standard InChI is InChI=1S/C21H21ClN4OS/c1-14-4-10-17(11-5-14)23-20(27)16-8-6-15(7-9-16)13-28-21-24-18(22)12-19(25-21)26(2)3/h4-12H,13H2,1-3H3,(H,23,27). The Bertz CT molecular complexity index is 959. The van der Waals surface area contributed by atoms with Crippen molar-refractivity contribution in [2.24, 2.45) is 0 Å². The number of hydrogen-bond donors (Lipinski definition) is 1. The van der Waals surface area contributed by atoms with Crippen molar-refractivity contribution in [1.82, 2.24) is 9.97 Å². The first-order valence-electron chi connectivity index (χ1n) is 8.72. The largest absolute Gasteiger partial charge is 0.363 e. The number of benzene rings is 2. The van der Waals surface area contributed by atoms with E-state index in [-0.39, 0.29) is 5.91 Å². The lowest BCUT2D eigenvalue weighted by molar-refractivity contribution is 0.102. The summed E-state index contributed by atoms with van der Waals surface area (Å²) in [6.07, 6.45) is 0. The number of amides is 1. The summed E-state index contributed by atoms with van der Waals surface area (Å²) >= 11 is 7.57. The summed E-state index contributed by atoms with van der Waals surface area (Å²) in [6.45, 7) is 2.01. The number of carbonyl (C=O) groups is 1. The minimum absolute atomic E-state index is 0.128. The molecule has 0 spiro atoms. The van der Waals surface area contributed by atoms with Crippen LogP contribution < -0.4 is 10.2 Å². The summed E-state index contributed by atoms with van der Waals surface area (Å²) in [5.74, 6) is 1.33. The number of hydrogen-bond acceptors (Lipinski definition) is 5. The van der Waals surface area contributed by atoms with E-state index >= 15 is 0 Å². The maximum absolute atomic E-state index is 12.4. The van der Waals surface area contributed by atoms with Crippen molar-refractivity contribution in [3.05, 3.63) is 76.4 Å². The summed E-state index contributed by atoms with van der Waals surface area (Å²) in [6, 6.07) is 17.0. The highest BCUT2D eigenvalue weighted by atomic mass is 35.5. The van der Waals surface area contributed by atoms with Crippen LogP contribution in [0.5, 0.6) is 0 Å². The molecule has 7 heteroatoms. The van der Waals surface area contributed by atoms with E-state index in [1.807, 2.05) is 74.4 Å². The number of aromatic nitrogens is 2. The van der Waals surface area contributed by atoms with Gasteiger partial charge in [-0.1, -0.05) is 53.2 Å². The van der Waals surface area contributed by atoms with Crippen LogP contribution >= 0.6 is 23.4 Å². The normalized spacial score (nSPS) is 10.6. The average molecular weight is 413 g/mol. The fourth-order valence-corrected chi connectivity index (χ4v) is 3.46. The maximum atomic E-state index is 12.4. The molecular weight excluding hydrogens is 392 g/mol. The van der Waals surface area contributed by atoms with Gasteiger partial charge in [0.25, 0.3) is 5.91 Å². The Hall–Kier alpha value is -2.57. The summed E-state index contributed by atoms with van der Waals surface area (Å²) in [4.78, 5) is 23.0. The smallest absolute Gasteiger partial charge is 0.255 e. The van der Waals surface area contributed by atoms with E-state index in [0.717, 1.165) is 22.6 Å². The van der Waals surface area contributed by atoms with Crippen LogP contribution in [0.15, 0.2) is 59.8 Å². The van der Waals surface area contributed by atoms with Gasteiger partial charge < -0.3 is 10.2 Å². The second kappa shape index (κ2) is 9.08. The van der Waals surface area contributed by atoms with Gasteiger partial charge in [-0.3, -0.25) is 4.79 Å². The van der Waals surface area contributed by atoms with Crippen LogP contribution in [0.4, 0.5) is 11.5 Å². The number of rotatable bonds is 6. The van der Waals surface area contributed by atoms with Crippen LogP contribution in [-0.4, -0.2) is 30.0 Å². The fourth-order valence-electron chi connectivity index (χ4n) is 2.42. The number of anilines is 2. The molecule has 0 aliphatic carbocycles. The van der Waals surface area contributed by atoms with Crippen molar-refractivity contribution in [3.63, 3.8) is 0 Å². The summed E-state index contributed by atoms with van der Waals surface area (Å²) in [5, 5.41) is 3.95. The van der Waals surface area contributed by atoms with Crippen LogP contribution in [0.2, 0.25) is 5.15 Å². The minimum atomic E-state index is -0.128. The molecule has 0 unspecified atom stereocenters. The van der Waals surface area contributed by atoms with Gasteiger partial charge in [0, 0.05) is 37.2 Å². The molecule has 0 aliphatic heterocycles. The Morgan fingerprint density at radius 1 is 1.07 bits per heavy atom. The van der Waals surface area contributed by atoms with Gasteiger partial charge in [0.1, 0.15) is 11.0 Å². The highest BCUT2D eigenvalue weighted by Gasteiger charge is 2.08. The molecule has 0 bridgehead atoms. The zero-order valence-corrected chi connectivity index (χ0v) is 17.5. The summed E-state index contributed by atoms with van der Waals surface area (Å²) in [7, 11) is 3.82. The molecule has 28 heavy (non-hydrogen) atoms. The molecule has 0 radical (unpaired) electrons. The lowest BCUT2D eigenvalue weighted by Crippen LogP contribution is -2.11. The molecular formula is C21H21ClN4OS. The second-order valence-electron chi connectivity index (χ2n) is 6.53. The Kier molecular flexibility index (Phi) is 6.54. The van der Waals surface area contributed by atoms with Gasteiger partial charge in [-0.15, -0.1) is 0 Å². The quantitative estimate of drug-likeness (QED) is 0.349. The third-order valence-corrected chi connectivity index (χ3v) is 5.12. The molecule has 0 saturated heterocycles. The monoisotopic (exact) mass is 412 g/mol.